The zero-order chi connectivity index (χ0) is 16.1. The Morgan fingerprint density at radius 2 is 1.78 bits per heavy atom. The first-order chi connectivity index (χ1) is 11.2. The van der Waals surface area contributed by atoms with Gasteiger partial charge in [0.2, 0.25) is 0 Å². The number of halogens is 1. The highest BCUT2D eigenvalue weighted by molar-refractivity contribution is 5.49. The van der Waals surface area contributed by atoms with E-state index >= 15 is 0 Å². The molecule has 1 aromatic carbocycles. The molecule has 1 aliphatic carbocycles. The predicted octanol–water partition coefficient (Wildman–Crippen LogP) is 4.01. The Morgan fingerprint density at radius 1 is 1.04 bits per heavy atom. The molecule has 0 amide bonds. The van der Waals surface area contributed by atoms with Crippen LogP contribution in [0.2, 0.25) is 0 Å². The van der Waals surface area contributed by atoms with Crippen molar-refractivity contribution in [1.82, 2.24) is 4.90 Å². The van der Waals surface area contributed by atoms with Crippen molar-refractivity contribution >= 4 is 5.69 Å². The minimum Gasteiger partial charge on any atom is -0.505 e. The molecule has 1 saturated heterocycles. The van der Waals surface area contributed by atoms with Crippen LogP contribution in [0, 0.1) is 11.7 Å². The number of benzene rings is 1. The number of hydrogen-bond donors (Lipinski definition) is 1. The molecule has 1 saturated carbocycles. The molecule has 0 spiro atoms. The highest BCUT2D eigenvalue weighted by Gasteiger charge is 2.19. The number of phenolic OH excluding ortho intramolecular Hbond substituents is 1. The van der Waals surface area contributed by atoms with Gasteiger partial charge in [0, 0.05) is 37.9 Å². The van der Waals surface area contributed by atoms with E-state index in [0.29, 0.717) is 0 Å². The number of hydrogen-bond acceptors (Lipinski definition) is 3. The molecule has 4 heteroatoms. The molecule has 2 fully saturated rings. The van der Waals surface area contributed by atoms with Gasteiger partial charge in [-0.15, -0.1) is 0 Å². The summed E-state index contributed by atoms with van der Waals surface area (Å²) in [6.45, 7) is 5.18. The summed E-state index contributed by atoms with van der Waals surface area (Å²) in [6.07, 6.45) is 9.91. The summed E-state index contributed by atoms with van der Waals surface area (Å²) < 4.78 is 13.5. The SMILES string of the molecule is Oc1ccc(N2CCN(CCCC3CCCCC3)CC2)cc1F. The number of aromatic hydroxyl groups is 1. The summed E-state index contributed by atoms with van der Waals surface area (Å²) in [5.41, 5.74) is 0.877. The van der Waals surface area contributed by atoms with Crippen LogP contribution >= 0.6 is 0 Å². The van der Waals surface area contributed by atoms with Crippen LogP contribution in [0.4, 0.5) is 10.1 Å². The Bertz CT molecular complexity index is 494. The van der Waals surface area contributed by atoms with E-state index in [1.165, 1.54) is 63.6 Å². The van der Waals surface area contributed by atoms with Crippen LogP contribution in [0.5, 0.6) is 5.75 Å². The predicted molar refractivity (Wildman–Crippen MR) is 92.5 cm³/mol. The smallest absolute Gasteiger partial charge is 0.166 e. The lowest BCUT2D eigenvalue weighted by atomic mass is 9.86. The topological polar surface area (TPSA) is 26.7 Å². The molecule has 0 bridgehead atoms. The van der Waals surface area contributed by atoms with E-state index in [-0.39, 0.29) is 5.75 Å². The molecule has 0 atom stereocenters. The summed E-state index contributed by atoms with van der Waals surface area (Å²) >= 11 is 0. The normalized spacial score (nSPS) is 20.8. The minimum atomic E-state index is -0.530. The molecule has 2 aliphatic rings. The van der Waals surface area contributed by atoms with Crippen molar-refractivity contribution in [2.45, 2.75) is 44.9 Å². The summed E-state index contributed by atoms with van der Waals surface area (Å²) in [4.78, 5) is 4.75. The van der Waals surface area contributed by atoms with Crippen molar-refractivity contribution in [1.29, 1.82) is 0 Å². The zero-order valence-electron chi connectivity index (χ0n) is 14.0. The van der Waals surface area contributed by atoms with Gasteiger partial charge in [-0.2, -0.15) is 0 Å². The Hall–Kier alpha value is -1.29. The van der Waals surface area contributed by atoms with Gasteiger partial charge in [0.15, 0.2) is 11.6 Å². The molecule has 23 heavy (non-hydrogen) atoms. The van der Waals surface area contributed by atoms with Crippen molar-refractivity contribution < 1.29 is 9.50 Å². The van der Waals surface area contributed by atoms with Crippen LogP contribution in [0.1, 0.15) is 44.9 Å². The third kappa shape index (κ3) is 4.60. The summed E-state index contributed by atoms with van der Waals surface area (Å²) in [5, 5.41) is 9.29. The van der Waals surface area contributed by atoms with E-state index in [9.17, 15) is 9.50 Å². The Balaban J connectivity index is 1.38. The summed E-state index contributed by atoms with van der Waals surface area (Å²) in [7, 11) is 0. The number of rotatable bonds is 5. The maximum absolute atomic E-state index is 13.5. The van der Waals surface area contributed by atoms with E-state index in [2.05, 4.69) is 9.80 Å². The van der Waals surface area contributed by atoms with Crippen molar-refractivity contribution in [2.24, 2.45) is 5.92 Å². The zero-order valence-corrected chi connectivity index (χ0v) is 14.0. The van der Waals surface area contributed by atoms with E-state index in [0.717, 1.165) is 37.8 Å². The average Bonchev–Trinajstić information content (AvgIpc) is 2.59. The third-order valence-electron chi connectivity index (χ3n) is 5.48. The van der Waals surface area contributed by atoms with Gasteiger partial charge in [0.1, 0.15) is 0 Å². The van der Waals surface area contributed by atoms with E-state index in [1.54, 1.807) is 6.07 Å². The first-order valence-electron chi connectivity index (χ1n) is 9.18. The Labute approximate surface area is 139 Å². The fourth-order valence-electron chi connectivity index (χ4n) is 4.00. The Morgan fingerprint density at radius 3 is 2.48 bits per heavy atom. The highest BCUT2D eigenvalue weighted by atomic mass is 19.1. The van der Waals surface area contributed by atoms with Gasteiger partial charge in [-0.3, -0.25) is 4.90 Å². The molecule has 0 aromatic heterocycles. The lowest BCUT2D eigenvalue weighted by Crippen LogP contribution is -2.46. The molecule has 3 rings (SSSR count). The van der Waals surface area contributed by atoms with E-state index in [1.807, 2.05) is 0 Å². The summed E-state index contributed by atoms with van der Waals surface area (Å²) in [5.74, 6) is 0.178. The first kappa shape index (κ1) is 16.6. The summed E-state index contributed by atoms with van der Waals surface area (Å²) in [6, 6.07) is 4.69. The van der Waals surface area contributed by atoms with Crippen molar-refractivity contribution in [3.05, 3.63) is 24.0 Å². The second-order valence-corrected chi connectivity index (χ2v) is 7.11. The van der Waals surface area contributed by atoms with Crippen molar-refractivity contribution in [3.8, 4) is 5.75 Å². The van der Waals surface area contributed by atoms with Crippen LogP contribution in [0.15, 0.2) is 18.2 Å². The Kier molecular flexibility index (Phi) is 5.76. The van der Waals surface area contributed by atoms with E-state index < -0.39 is 5.82 Å². The molecule has 3 nitrogen and oxygen atoms in total. The number of nitrogens with zero attached hydrogens (tertiary/aromatic N) is 2. The van der Waals surface area contributed by atoms with Gasteiger partial charge < -0.3 is 10.0 Å². The molecule has 1 heterocycles. The fraction of sp³-hybridized carbons (Fsp3) is 0.684. The van der Waals surface area contributed by atoms with Gasteiger partial charge in [-0.25, -0.2) is 4.39 Å². The minimum absolute atomic E-state index is 0.268. The van der Waals surface area contributed by atoms with Crippen LogP contribution in [-0.2, 0) is 0 Å². The lowest BCUT2D eigenvalue weighted by Gasteiger charge is -2.36. The monoisotopic (exact) mass is 320 g/mol. The number of phenols is 1. The van der Waals surface area contributed by atoms with Crippen LogP contribution < -0.4 is 4.90 Å². The largest absolute Gasteiger partial charge is 0.505 e. The van der Waals surface area contributed by atoms with Gasteiger partial charge in [0.05, 0.1) is 0 Å². The maximum atomic E-state index is 13.5. The highest BCUT2D eigenvalue weighted by Crippen LogP contribution is 2.27. The second-order valence-electron chi connectivity index (χ2n) is 7.11. The van der Waals surface area contributed by atoms with Crippen LogP contribution in [0.3, 0.4) is 0 Å². The molecule has 0 unspecified atom stereocenters. The fourth-order valence-corrected chi connectivity index (χ4v) is 4.00. The van der Waals surface area contributed by atoms with Gasteiger partial charge in [-0.1, -0.05) is 32.1 Å². The van der Waals surface area contributed by atoms with Crippen molar-refractivity contribution in [3.63, 3.8) is 0 Å². The molecule has 128 valence electrons. The number of piperazine rings is 1. The lowest BCUT2D eigenvalue weighted by molar-refractivity contribution is 0.237. The first-order valence-corrected chi connectivity index (χ1v) is 9.18. The maximum Gasteiger partial charge on any atom is 0.166 e. The van der Waals surface area contributed by atoms with Crippen molar-refractivity contribution in [2.75, 3.05) is 37.6 Å². The van der Waals surface area contributed by atoms with E-state index in [4.69, 9.17) is 0 Å². The molecule has 1 aromatic rings. The van der Waals surface area contributed by atoms with Gasteiger partial charge in [0.25, 0.3) is 0 Å². The molecule has 1 aliphatic heterocycles. The molecule has 0 radical (unpaired) electrons. The van der Waals surface area contributed by atoms with Crippen LogP contribution in [-0.4, -0.2) is 42.7 Å². The third-order valence-corrected chi connectivity index (χ3v) is 5.48. The quantitative estimate of drug-likeness (QED) is 0.888. The standard InChI is InChI=1S/C19H29FN2O/c20-18-15-17(8-9-19(18)23)22-13-11-21(12-14-22)10-4-7-16-5-2-1-3-6-16/h8-9,15-16,23H,1-7,10-14H2. The molecular formula is C19H29FN2O. The van der Waals surface area contributed by atoms with Crippen LogP contribution in [0.25, 0.3) is 0 Å². The molecular weight excluding hydrogens is 291 g/mol. The average molecular weight is 320 g/mol. The number of anilines is 1. The second kappa shape index (κ2) is 8.00. The van der Waals surface area contributed by atoms with Gasteiger partial charge >= 0.3 is 0 Å². The molecule has 1 N–H and O–H groups in total. The van der Waals surface area contributed by atoms with Gasteiger partial charge in [-0.05, 0) is 37.4 Å².